The molecule has 1 aromatic carbocycles. The number of imidazole rings is 1. The average Bonchev–Trinajstić information content (AvgIpc) is 3.14. The Morgan fingerprint density at radius 2 is 1.92 bits per heavy atom. The molecule has 0 bridgehead atoms. The van der Waals surface area contributed by atoms with Gasteiger partial charge in [-0.05, 0) is 58.3 Å². The molecular formula is C27H33BFN5O2. The Morgan fingerprint density at radius 1 is 1.14 bits per heavy atom. The number of nitrogens with zero attached hydrogens (tertiary/aromatic N) is 5. The summed E-state index contributed by atoms with van der Waals surface area (Å²) in [6.45, 7) is 7.97. The number of halogens is 1. The second-order valence-corrected chi connectivity index (χ2v) is 10.0. The molecule has 0 unspecified atom stereocenters. The summed E-state index contributed by atoms with van der Waals surface area (Å²) in [5.74, 6) is 0.162. The molecule has 4 aromatic rings. The van der Waals surface area contributed by atoms with Crippen molar-refractivity contribution in [1.82, 2.24) is 24.0 Å². The molecule has 0 radical (unpaired) electrons. The lowest BCUT2D eigenvalue weighted by Gasteiger charge is -2.26. The van der Waals surface area contributed by atoms with Gasteiger partial charge in [-0.2, -0.15) is 0 Å². The van der Waals surface area contributed by atoms with Crippen molar-refractivity contribution in [2.24, 2.45) is 7.05 Å². The Labute approximate surface area is 211 Å². The van der Waals surface area contributed by atoms with Crippen LogP contribution < -0.4 is 16.0 Å². The van der Waals surface area contributed by atoms with Crippen molar-refractivity contribution in [3.63, 3.8) is 0 Å². The van der Waals surface area contributed by atoms with Crippen LogP contribution in [-0.2, 0) is 7.05 Å². The fourth-order valence-electron chi connectivity index (χ4n) is 5.35. The van der Waals surface area contributed by atoms with Gasteiger partial charge in [0.15, 0.2) is 7.85 Å². The van der Waals surface area contributed by atoms with Gasteiger partial charge in [0.1, 0.15) is 5.82 Å². The molecule has 0 spiro atoms. The molecule has 9 heteroatoms. The Morgan fingerprint density at radius 3 is 2.61 bits per heavy atom. The first-order valence-corrected chi connectivity index (χ1v) is 12.9. The lowest BCUT2D eigenvalue weighted by atomic mass is 9.97. The quantitative estimate of drug-likeness (QED) is 0.295. The molecule has 0 aliphatic carbocycles. The van der Waals surface area contributed by atoms with Crippen LogP contribution >= 0.6 is 0 Å². The minimum atomic E-state index is -0.375. The van der Waals surface area contributed by atoms with E-state index in [0.717, 1.165) is 29.4 Å². The van der Waals surface area contributed by atoms with E-state index in [9.17, 15) is 4.79 Å². The second-order valence-electron chi connectivity index (χ2n) is 10.0. The fraction of sp³-hybridized carbons (Fsp3) is 0.444. The van der Waals surface area contributed by atoms with Crippen LogP contribution in [0.5, 0.6) is 5.88 Å². The number of hydrogen-bond donors (Lipinski definition) is 0. The first-order chi connectivity index (χ1) is 17.3. The number of hydrogen-bond acceptors (Lipinski definition) is 5. The molecule has 7 nitrogen and oxygen atoms in total. The highest BCUT2D eigenvalue weighted by atomic mass is 19.1. The number of ether oxygens (including phenoxy) is 1. The van der Waals surface area contributed by atoms with Crippen molar-refractivity contribution >= 4 is 35.4 Å². The zero-order chi connectivity index (χ0) is 25.4. The van der Waals surface area contributed by atoms with Crippen LogP contribution in [0.3, 0.4) is 0 Å². The molecule has 5 rings (SSSR count). The summed E-state index contributed by atoms with van der Waals surface area (Å²) in [4.78, 5) is 24.5. The van der Waals surface area contributed by atoms with E-state index in [4.69, 9.17) is 4.74 Å². The highest BCUT2D eigenvalue weighted by Crippen LogP contribution is 2.31. The lowest BCUT2D eigenvalue weighted by Crippen LogP contribution is -2.31. The summed E-state index contributed by atoms with van der Waals surface area (Å²) < 4.78 is 24.4. The summed E-state index contributed by atoms with van der Waals surface area (Å²) in [7, 11) is 3.61. The zero-order valence-electron chi connectivity index (χ0n) is 21.6. The summed E-state index contributed by atoms with van der Waals surface area (Å²) in [6.07, 6.45) is 6.51. The van der Waals surface area contributed by atoms with E-state index in [1.807, 2.05) is 27.8 Å². The molecule has 0 N–H and O–H groups in total. The number of pyridine rings is 2. The maximum Gasteiger partial charge on any atom is 0.329 e. The highest BCUT2D eigenvalue weighted by molar-refractivity contribution is 6.38. The molecule has 1 aliphatic heterocycles. The van der Waals surface area contributed by atoms with Crippen LogP contribution in [0.1, 0.15) is 45.6 Å². The van der Waals surface area contributed by atoms with E-state index >= 15 is 4.39 Å². The Hall–Kier alpha value is -3.20. The number of benzene rings is 1. The number of rotatable bonds is 7. The van der Waals surface area contributed by atoms with E-state index in [1.54, 1.807) is 34.5 Å². The predicted octanol–water partition coefficient (Wildman–Crippen LogP) is 3.18. The number of aryl methyl sites for hydroxylation is 1. The van der Waals surface area contributed by atoms with Crippen LogP contribution in [0.15, 0.2) is 35.3 Å². The summed E-state index contributed by atoms with van der Waals surface area (Å²) in [6, 6.07) is 6.80. The maximum absolute atomic E-state index is 15.2. The van der Waals surface area contributed by atoms with Crippen LogP contribution in [0.2, 0.25) is 0 Å². The van der Waals surface area contributed by atoms with Crippen LogP contribution in [0.4, 0.5) is 4.39 Å². The zero-order valence-corrected chi connectivity index (χ0v) is 21.6. The smallest absolute Gasteiger partial charge is 0.329 e. The van der Waals surface area contributed by atoms with E-state index < -0.39 is 0 Å². The second kappa shape index (κ2) is 10.0. The molecule has 4 heterocycles. The van der Waals surface area contributed by atoms with Gasteiger partial charge >= 0.3 is 5.69 Å². The van der Waals surface area contributed by atoms with Gasteiger partial charge < -0.3 is 9.64 Å². The van der Waals surface area contributed by atoms with Crippen LogP contribution in [0, 0.1) is 5.82 Å². The SMILES string of the molecule is Bc1nc2cc(F)c(-c3ccc(OCCCN4CCCCC4)nc3)cc2c2c1n(C)c(=O)n2C(C)C. The first kappa shape index (κ1) is 24.5. The van der Waals surface area contributed by atoms with Gasteiger partial charge in [0.05, 0.1) is 23.2 Å². The van der Waals surface area contributed by atoms with Crippen molar-refractivity contribution in [2.75, 3.05) is 26.2 Å². The maximum atomic E-state index is 15.2. The van der Waals surface area contributed by atoms with Crippen LogP contribution in [-0.4, -0.2) is 58.1 Å². The van der Waals surface area contributed by atoms with E-state index in [0.29, 0.717) is 34.7 Å². The van der Waals surface area contributed by atoms with Crippen molar-refractivity contribution < 1.29 is 9.13 Å². The molecule has 36 heavy (non-hydrogen) atoms. The van der Waals surface area contributed by atoms with Crippen LogP contribution in [0.25, 0.3) is 33.1 Å². The molecule has 0 amide bonds. The third kappa shape index (κ3) is 4.52. The summed E-state index contributed by atoms with van der Waals surface area (Å²) in [5, 5.41) is 0.747. The Kier molecular flexibility index (Phi) is 6.84. The highest BCUT2D eigenvalue weighted by Gasteiger charge is 2.20. The van der Waals surface area contributed by atoms with E-state index in [1.165, 1.54) is 38.4 Å². The minimum absolute atomic E-state index is 0.0484. The van der Waals surface area contributed by atoms with Gasteiger partial charge in [-0.1, -0.05) is 6.42 Å². The van der Waals surface area contributed by atoms with Gasteiger partial charge in [-0.15, -0.1) is 0 Å². The molecule has 0 atom stereocenters. The van der Waals surface area contributed by atoms with E-state index in [2.05, 4.69) is 14.9 Å². The summed E-state index contributed by atoms with van der Waals surface area (Å²) >= 11 is 0. The third-order valence-electron chi connectivity index (χ3n) is 7.15. The summed E-state index contributed by atoms with van der Waals surface area (Å²) in [5.41, 5.74) is 3.75. The standard InChI is InChI=1S/C27H33BFN5O2/c1-17(2)34-24-20-14-19(21(29)15-22(20)31-26(28)25(24)32(3)27(34)35)18-8-9-23(30-16-18)36-13-7-12-33-10-5-4-6-11-33/h8-9,14-17H,4-7,10-13,28H2,1-3H3. The van der Waals surface area contributed by atoms with Gasteiger partial charge in [0.25, 0.3) is 0 Å². The van der Waals surface area contributed by atoms with Gasteiger partial charge in [-0.25, -0.2) is 14.2 Å². The molecule has 1 saturated heterocycles. The van der Waals surface area contributed by atoms with Gasteiger partial charge in [0, 0.05) is 60.1 Å². The number of fused-ring (bicyclic) bond motifs is 3. The minimum Gasteiger partial charge on any atom is -0.478 e. The molecule has 0 saturated carbocycles. The topological polar surface area (TPSA) is 65.2 Å². The van der Waals surface area contributed by atoms with Gasteiger partial charge in [-0.3, -0.25) is 14.1 Å². The first-order valence-electron chi connectivity index (χ1n) is 12.9. The van der Waals surface area contributed by atoms with Gasteiger partial charge in [0.2, 0.25) is 5.88 Å². The van der Waals surface area contributed by atoms with Crippen molar-refractivity contribution in [1.29, 1.82) is 0 Å². The molecule has 1 aliphatic rings. The van der Waals surface area contributed by atoms with Crippen molar-refractivity contribution in [3.05, 3.63) is 46.8 Å². The molecular weight excluding hydrogens is 456 g/mol. The Bertz CT molecular complexity index is 1460. The van der Waals surface area contributed by atoms with E-state index in [-0.39, 0.29) is 17.5 Å². The number of likely N-dealkylation sites (tertiary alicyclic amines) is 1. The average molecular weight is 489 g/mol. The normalized spacial score (nSPS) is 14.8. The van der Waals surface area contributed by atoms with Crippen molar-refractivity contribution in [3.8, 4) is 17.0 Å². The lowest BCUT2D eigenvalue weighted by molar-refractivity contribution is 0.203. The Balaban J connectivity index is 1.43. The third-order valence-corrected chi connectivity index (χ3v) is 7.15. The molecule has 3 aromatic heterocycles. The number of piperidine rings is 1. The monoisotopic (exact) mass is 489 g/mol. The predicted molar refractivity (Wildman–Crippen MR) is 145 cm³/mol. The fourth-order valence-corrected chi connectivity index (χ4v) is 5.35. The van der Waals surface area contributed by atoms with Crippen molar-refractivity contribution in [2.45, 2.75) is 45.6 Å². The largest absolute Gasteiger partial charge is 0.478 e. The number of aromatic nitrogens is 4. The molecule has 1 fully saturated rings. The molecule has 188 valence electrons.